The number of rotatable bonds is 8. The molecule has 0 saturated heterocycles. The summed E-state index contributed by atoms with van der Waals surface area (Å²) >= 11 is 0. The van der Waals surface area contributed by atoms with Gasteiger partial charge in [0.05, 0.1) is 18.7 Å². The summed E-state index contributed by atoms with van der Waals surface area (Å²) in [4.78, 5) is 25.4. The van der Waals surface area contributed by atoms with Gasteiger partial charge in [-0.15, -0.1) is 0 Å². The van der Waals surface area contributed by atoms with Gasteiger partial charge in [-0.25, -0.2) is 0 Å². The van der Waals surface area contributed by atoms with E-state index in [0.717, 1.165) is 18.4 Å². The Balaban J connectivity index is 1.67. The molecule has 0 spiro atoms. The van der Waals surface area contributed by atoms with Crippen molar-refractivity contribution in [3.8, 4) is 5.75 Å². The van der Waals surface area contributed by atoms with Crippen LogP contribution < -0.4 is 15.4 Å². The van der Waals surface area contributed by atoms with Crippen LogP contribution in [-0.4, -0.2) is 18.9 Å². The molecule has 2 amide bonds. The van der Waals surface area contributed by atoms with Crippen LogP contribution in [0.2, 0.25) is 0 Å². The molecule has 1 atom stereocenters. The smallest absolute Gasteiger partial charge is 0.255 e. The minimum Gasteiger partial charge on any atom is -0.495 e. The highest BCUT2D eigenvalue weighted by Crippen LogP contribution is 2.25. The van der Waals surface area contributed by atoms with Crippen molar-refractivity contribution in [1.29, 1.82) is 0 Å². The van der Waals surface area contributed by atoms with Crippen molar-refractivity contribution < 1.29 is 14.3 Å². The van der Waals surface area contributed by atoms with Crippen molar-refractivity contribution in [1.82, 2.24) is 0 Å². The van der Waals surface area contributed by atoms with E-state index in [1.807, 2.05) is 42.5 Å². The zero-order valence-corrected chi connectivity index (χ0v) is 17.2. The second-order valence-electron chi connectivity index (χ2n) is 6.97. The van der Waals surface area contributed by atoms with E-state index in [9.17, 15) is 9.59 Å². The molecule has 154 valence electrons. The number of carbonyl (C=O) groups is 2. The monoisotopic (exact) mass is 402 g/mol. The number of benzene rings is 3. The summed E-state index contributed by atoms with van der Waals surface area (Å²) in [7, 11) is 1.56. The van der Waals surface area contributed by atoms with Crippen molar-refractivity contribution in [3.05, 3.63) is 90.0 Å². The lowest BCUT2D eigenvalue weighted by Crippen LogP contribution is -2.21. The standard InChI is InChI=1S/C25H26N2O3/c1-3-9-21(18-10-5-4-6-11-18)25(29)26-20-16-14-19(15-17-20)24(28)27-22-12-7-8-13-23(22)30-2/h4-8,10-17,21H,3,9H2,1-2H3,(H,26,29)(H,27,28). The summed E-state index contributed by atoms with van der Waals surface area (Å²) in [5.74, 6) is 0.0992. The van der Waals surface area contributed by atoms with Crippen LogP contribution in [0.1, 0.15) is 41.6 Å². The zero-order valence-electron chi connectivity index (χ0n) is 17.2. The summed E-state index contributed by atoms with van der Waals surface area (Å²) in [6, 6.07) is 23.9. The van der Waals surface area contributed by atoms with Crippen LogP contribution in [0.3, 0.4) is 0 Å². The SMILES string of the molecule is CCCC(C(=O)Nc1ccc(C(=O)Nc2ccccc2OC)cc1)c1ccccc1. The molecule has 0 aliphatic heterocycles. The Labute approximate surface area is 177 Å². The maximum absolute atomic E-state index is 12.8. The number of methoxy groups -OCH3 is 1. The van der Waals surface area contributed by atoms with Crippen molar-refractivity contribution in [2.24, 2.45) is 0 Å². The highest BCUT2D eigenvalue weighted by atomic mass is 16.5. The molecule has 3 rings (SSSR count). The van der Waals surface area contributed by atoms with Crippen LogP contribution in [0.5, 0.6) is 5.75 Å². The maximum atomic E-state index is 12.8. The number of hydrogen-bond donors (Lipinski definition) is 2. The van der Waals surface area contributed by atoms with E-state index in [-0.39, 0.29) is 17.7 Å². The van der Waals surface area contributed by atoms with Crippen molar-refractivity contribution in [2.75, 3.05) is 17.7 Å². The predicted molar refractivity (Wildman–Crippen MR) is 120 cm³/mol. The van der Waals surface area contributed by atoms with E-state index in [2.05, 4.69) is 17.6 Å². The third kappa shape index (κ3) is 5.26. The average molecular weight is 402 g/mol. The van der Waals surface area contributed by atoms with Crippen LogP contribution in [-0.2, 0) is 4.79 Å². The second-order valence-corrected chi connectivity index (χ2v) is 6.97. The Bertz CT molecular complexity index is 985. The molecule has 0 aliphatic rings. The summed E-state index contributed by atoms with van der Waals surface area (Å²) in [6.07, 6.45) is 1.68. The van der Waals surface area contributed by atoms with Gasteiger partial charge in [-0.05, 0) is 48.4 Å². The van der Waals surface area contributed by atoms with E-state index in [1.165, 1.54) is 0 Å². The van der Waals surface area contributed by atoms with Gasteiger partial charge < -0.3 is 15.4 Å². The first-order chi connectivity index (χ1) is 14.6. The highest BCUT2D eigenvalue weighted by molar-refractivity contribution is 6.05. The molecule has 1 unspecified atom stereocenters. The van der Waals surface area contributed by atoms with Gasteiger partial charge in [-0.3, -0.25) is 9.59 Å². The summed E-state index contributed by atoms with van der Waals surface area (Å²) in [5, 5.41) is 5.81. The van der Waals surface area contributed by atoms with Gasteiger partial charge in [0.2, 0.25) is 5.91 Å². The molecule has 5 heteroatoms. The second kappa shape index (κ2) is 10.3. The number of nitrogens with one attached hydrogen (secondary N) is 2. The number of ether oxygens (including phenoxy) is 1. The van der Waals surface area contributed by atoms with Crippen LogP contribution in [0.25, 0.3) is 0 Å². The van der Waals surface area contributed by atoms with Gasteiger partial charge in [-0.2, -0.15) is 0 Å². The third-order valence-corrected chi connectivity index (χ3v) is 4.87. The lowest BCUT2D eigenvalue weighted by atomic mass is 9.93. The zero-order chi connectivity index (χ0) is 21.3. The molecule has 0 radical (unpaired) electrons. The molecule has 2 N–H and O–H groups in total. The molecule has 3 aromatic carbocycles. The number of hydrogen-bond acceptors (Lipinski definition) is 3. The van der Waals surface area contributed by atoms with Crippen LogP contribution >= 0.6 is 0 Å². The van der Waals surface area contributed by atoms with Crippen LogP contribution in [0, 0.1) is 0 Å². The summed E-state index contributed by atoms with van der Waals surface area (Å²) in [6.45, 7) is 2.07. The van der Waals surface area contributed by atoms with Gasteiger partial charge >= 0.3 is 0 Å². The third-order valence-electron chi connectivity index (χ3n) is 4.87. The van der Waals surface area contributed by atoms with Crippen molar-refractivity contribution >= 4 is 23.2 Å². The molecular weight excluding hydrogens is 376 g/mol. The molecule has 0 aliphatic carbocycles. The predicted octanol–water partition coefficient (Wildman–Crippen LogP) is 5.47. The first-order valence-electron chi connectivity index (χ1n) is 10.0. The fourth-order valence-electron chi connectivity index (χ4n) is 3.30. The number of carbonyl (C=O) groups excluding carboxylic acids is 2. The minimum atomic E-state index is -0.245. The number of para-hydroxylation sites is 2. The van der Waals surface area contributed by atoms with Crippen LogP contribution in [0.4, 0.5) is 11.4 Å². The Hall–Kier alpha value is -3.60. The Morgan fingerprint density at radius 3 is 2.20 bits per heavy atom. The van der Waals surface area contributed by atoms with E-state index >= 15 is 0 Å². The molecule has 0 saturated carbocycles. The van der Waals surface area contributed by atoms with E-state index in [0.29, 0.717) is 22.7 Å². The molecule has 0 heterocycles. The van der Waals surface area contributed by atoms with Crippen molar-refractivity contribution in [2.45, 2.75) is 25.7 Å². The average Bonchev–Trinajstić information content (AvgIpc) is 2.78. The van der Waals surface area contributed by atoms with Gasteiger partial charge in [0.15, 0.2) is 0 Å². The minimum absolute atomic E-state index is 0.0470. The molecular formula is C25H26N2O3. The van der Waals surface area contributed by atoms with Gasteiger partial charge in [0.25, 0.3) is 5.91 Å². The van der Waals surface area contributed by atoms with Gasteiger partial charge in [-0.1, -0.05) is 55.8 Å². The summed E-state index contributed by atoms with van der Waals surface area (Å²) < 4.78 is 5.26. The van der Waals surface area contributed by atoms with E-state index in [1.54, 1.807) is 43.5 Å². The van der Waals surface area contributed by atoms with Crippen molar-refractivity contribution in [3.63, 3.8) is 0 Å². The van der Waals surface area contributed by atoms with Gasteiger partial charge in [0.1, 0.15) is 5.75 Å². The fourth-order valence-corrected chi connectivity index (χ4v) is 3.30. The normalized spacial score (nSPS) is 11.4. The first-order valence-corrected chi connectivity index (χ1v) is 10.0. The lowest BCUT2D eigenvalue weighted by molar-refractivity contribution is -0.117. The lowest BCUT2D eigenvalue weighted by Gasteiger charge is -2.17. The molecule has 5 nitrogen and oxygen atoms in total. The summed E-state index contributed by atoms with van der Waals surface area (Å²) in [5.41, 5.74) is 2.76. The Morgan fingerprint density at radius 1 is 0.867 bits per heavy atom. The molecule has 30 heavy (non-hydrogen) atoms. The van der Waals surface area contributed by atoms with E-state index < -0.39 is 0 Å². The topological polar surface area (TPSA) is 67.4 Å². The molecule has 3 aromatic rings. The van der Waals surface area contributed by atoms with Crippen LogP contribution in [0.15, 0.2) is 78.9 Å². The molecule has 0 bridgehead atoms. The number of amides is 2. The Morgan fingerprint density at radius 2 is 1.53 bits per heavy atom. The van der Waals surface area contributed by atoms with E-state index in [4.69, 9.17) is 4.74 Å². The number of anilines is 2. The Kier molecular flexibility index (Phi) is 7.22. The molecule has 0 aromatic heterocycles. The largest absolute Gasteiger partial charge is 0.495 e. The quantitative estimate of drug-likeness (QED) is 0.525. The van der Waals surface area contributed by atoms with Gasteiger partial charge in [0, 0.05) is 11.3 Å². The molecule has 0 fully saturated rings. The highest BCUT2D eigenvalue weighted by Gasteiger charge is 2.19. The fraction of sp³-hybridized carbons (Fsp3) is 0.200. The first kappa shape index (κ1) is 21.1. The maximum Gasteiger partial charge on any atom is 0.255 e.